The normalized spacial score (nSPS) is 10.7. The van der Waals surface area contributed by atoms with Crippen LogP contribution in [-0.2, 0) is 9.59 Å². The summed E-state index contributed by atoms with van der Waals surface area (Å²) in [5.74, 6) is -0.604. The minimum atomic E-state index is -0.230. The van der Waals surface area contributed by atoms with Crippen LogP contribution in [0.3, 0.4) is 0 Å². The molecule has 0 aliphatic rings. The average molecular weight is 362 g/mol. The highest BCUT2D eigenvalue weighted by Crippen LogP contribution is 2.08. The van der Waals surface area contributed by atoms with Crippen molar-refractivity contribution in [2.75, 3.05) is 0 Å². The molecule has 0 saturated carbocycles. The molecule has 2 aromatic carbocycles. The number of hydrogen-bond donors (Lipinski definition) is 0. The van der Waals surface area contributed by atoms with Crippen LogP contribution in [0.15, 0.2) is 72.8 Å². The Labute approximate surface area is 158 Å². The van der Waals surface area contributed by atoms with E-state index in [0.29, 0.717) is 17.5 Å². The number of ketones is 4. The third-order valence-electron chi connectivity index (χ3n) is 4.05. The summed E-state index contributed by atoms with van der Waals surface area (Å²) in [6.07, 6.45) is 3.89. The molecule has 0 amide bonds. The number of hydrogen-bond acceptors (Lipinski definition) is 4. The van der Waals surface area contributed by atoms with Crippen LogP contribution in [0.25, 0.3) is 0 Å². The third kappa shape index (κ3) is 7.32. The van der Waals surface area contributed by atoms with Crippen LogP contribution in [0.2, 0.25) is 0 Å². The summed E-state index contributed by atoms with van der Waals surface area (Å²) in [5.41, 5.74) is 1.11. The van der Waals surface area contributed by atoms with Gasteiger partial charge in [-0.15, -0.1) is 0 Å². The number of benzene rings is 2. The predicted octanol–water partition coefficient (Wildman–Crippen LogP) is 4.40. The minimum absolute atomic E-state index is 0.0488. The van der Waals surface area contributed by atoms with Crippen LogP contribution in [0.4, 0.5) is 0 Å². The van der Waals surface area contributed by atoms with Crippen molar-refractivity contribution in [3.05, 3.63) is 83.9 Å². The van der Waals surface area contributed by atoms with Crippen LogP contribution < -0.4 is 0 Å². The molecule has 0 aliphatic heterocycles. The second kappa shape index (κ2) is 10.8. The number of carbonyl (C=O) groups is 4. The molecule has 0 bridgehead atoms. The Hall–Kier alpha value is -3.14. The van der Waals surface area contributed by atoms with Crippen LogP contribution in [0.5, 0.6) is 0 Å². The van der Waals surface area contributed by atoms with Gasteiger partial charge in [0.15, 0.2) is 11.6 Å². The maximum absolute atomic E-state index is 11.9. The summed E-state index contributed by atoms with van der Waals surface area (Å²) in [6.45, 7) is 0. The molecule has 0 atom stereocenters. The van der Waals surface area contributed by atoms with Gasteiger partial charge in [-0.2, -0.15) is 0 Å². The summed E-state index contributed by atoms with van der Waals surface area (Å²) in [4.78, 5) is 47.6. The molecular formula is C23H22O4. The lowest BCUT2D eigenvalue weighted by Gasteiger charge is -2.01. The maximum atomic E-state index is 11.9. The molecule has 0 saturated heterocycles. The van der Waals surface area contributed by atoms with Gasteiger partial charge in [-0.3, -0.25) is 19.2 Å². The summed E-state index contributed by atoms with van der Waals surface area (Å²) >= 11 is 0. The molecule has 138 valence electrons. The molecule has 2 aromatic rings. The van der Waals surface area contributed by atoms with Crippen LogP contribution >= 0.6 is 0 Å². The van der Waals surface area contributed by atoms with E-state index in [2.05, 4.69) is 0 Å². The van der Waals surface area contributed by atoms with E-state index in [1.807, 2.05) is 6.07 Å². The highest BCUT2D eigenvalue weighted by Gasteiger charge is 2.13. The van der Waals surface area contributed by atoms with E-state index in [9.17, 15) is 19.2 Å². The van der Waals surface area contributed by atoms with Crippen molar-refractivity contribution >= 4 is 23.1 Å². The van der Waals surface area contributed by atoms with Gasteiger partial charge in [0, 0.05) is 30.4 Å². The topological polar surface area (TPSA) is 68.3 Å². The van der Waals surface area contributed by atoms with Crippen molar-refractivity contribution in [2.45, 2.75) is 32.1 Å². The molecular weight excluding hydrogens is 340 g/mol. The SMILES string of the molecule is O=C(CC/C=C/C(=O)c1ccccc1)CCC(=O)CC(=O)c1ccccc1. The Kier molecular flexibility index (Phi) is 8.04. The van der Waals surface area contributed by atoms with Gasteiger partial charge in [-0.25, -0.2) is 0 Å². The van der Waals surface area contributed by atoms with E-state index in [1.165, 1.54) is 6.08 Å². The van der Waals surface area contributed by atoms with E-state index in [-0.39, 0.29) is 48.8 Å². The quantitative estimate of drug-likeness (QED) is 0.338. The van der Waals surface area contributed by atoms with Crippen molar-refractivity contribution in [1.82, 2.24) is 0 Å². The van der Waals surface area contributed by atoms with E-state index in [4.69, 9.17) is 0 Å². The Bertz CT molecular complexity index is 820. The molecule has 4 nitrogen and oxygen atoms in total. The minimum Gasteiger partial charge on any atom is -0.300 e. The summed E-state index contributed by atoms with van der Waals surface area (Å²) in [5, 5.41) is 0. The molecule has 4 heteroatoms. The second-order valence-corrected chi connectivity index (χ2v) is 6.21. The average Bonchev–Trinajstić information content (AvgIpc) is 2.70. The molecule has 0 radical (unpaired) electrons. The lowest BCUT2D eigenvalue weighted by atomic mass is 10.0. The summed E-state index contributed by atoms with van der Waals surface area (Å²) < 4.78 is 0. The third-order valence-corrected chi connectivity index (χ3v) is 4.05. The van der Waals surface area contributed by atoms with E-state index in [1.54, 1.807) is 60.7 Å². The largest absolute Gasteiger partial charge is 0.300 e. The Balaban J connectivity index is 1.65. The number of rotatable bonds is 11. The van der Waals surface area contributed by atoms with Gasteiger partial charge in [0.05, 0.1) is 6.42 Å². The molecule has 0 spiro atoms. The summed E-state index contributed by atoms with van der Waals surface area (Å²) in [7, 11) is 0. The Morgan fingerprint density at radius 1 is 0.667 bits per heavy atom. The molecule has 0 heterocycles. The maximum Gasteiger partial charge on any atom is 0.185 e. The zero-order valence-electron chi connectivity index (χ0n) is 15.1. The van der Waals surface area contributed by atoms with Crippen molar-refractivity contribution < 1.29 is 19.2 Å². The smallest absolute Gasteiger partial charge is 0.185 e. The lowest BCUT2D eigenvalue weighted by molar-refractivity contribution is -0.123. The highest BCUT2D eigenvalue weighted by atomic mass is 16.2. The van der Waals surface area contributed by atoms with Gasteiger partial charge < -0.3 is 0 Å². The van der Waals surface area contributed by atoms with Crippen LogP contribution in [0, 0.1) is 0 Å². The first kappa shape index (κ1) is 20.2. The number of Topliss-reactive ketones (excluding diaryl/α,β-unsaturated/α-hetero) is 3. The number of carbonyl (C=O) groups excluding carboxylic acids is 4. The molecule has 0 fully saturated rings. The van der Waals surface area contributed by atoms with E-state index >= 15 is 0 Å². The van der Waals surface area contributed by atoms with Crippen molar-refractivity contribution in [1.29, 1.82) is 0 Å². The first-order chi connectivity index (χ1) is 13.1. The van der Waals surface area contributed by atoms with Gasteiger partial charge >= 0.3 is 0 Å². The van der Waals surface area contributed by atoms with Crippen molar-refractivity contribution in [2.24, 2.45) is 0 Å². The summed E-state index contributed by atoms with van der Waals surface area (Å²) in [6, 6.07) is 17.5. The standard InChI is InChI=1S/C23H22O4/c24-20(13-7-8-14-22(26)18-9-3-1-4-10-18)15-16-21(25)17-23(27)19-11-5-2-6-12-19/h1-6,8-12,14H,7,13,15-17H2/b14-8+. The first-order valence-corrected chi connectivity index (χ1v) is 8.94. The van der Waals surface area contributed by atoms with Crippen molar-refractivity contribution in [3.8, 4) is 0 Å². The van der Waals surface area contributed by atoms with Crippen LogP contribution in [-0.4, -0.2) is 23.1 Å². The van der Waals surface area contributed by atoms with Gasteiger partial charge in [0.1, 0.15) is 11.6 Å². The highest BCUT2D eigenvalue weighted by molar-refractivity contribution is 6.08. The van der Waals surface area contributed by atoms with Gasteiger partial charge in [-0.05, 0) is 12.5 Å². The molecule has 0 aromatic heterocycles. The first-order valence-electron chi connectivity index (χ1n) is 8.94. The Morgan fingerprint density at radius 2 is 1.22 bits per heavy atom. The van der Waals surface area contributed by atoms with Gasteiger partial charge in [0.2, 0.25) is 0 Å². The molecule has 0 unspecified atom stereocenters. The van der Waals surface area contributed by atoms with Gasteiger partial charge in [-0.1, -0.05) is 66.7 Å². The molecule has 0 aliphatic carbocycles. The van der Waals surface area contributed by atoms with Crippen molar-refractivity contribution in [3.63, 3.8) is 0 Å². The number of allylic oxidation sites excluding steroid dienone is 2. The molecule has 0 N–H and O–H groups in total. The van der Waals surface area contributed by atoms with Crippen LogP contribution in [0.1, 0.15) is 52.8 Å². The second-order valence-electron chi connectivity index (χ2n) is 6.21. The fourth-order valence-electron chi connectivity index (χ4n) is 2.53. The fraction of sp³-hybridized carbons (Fsp3) is 0.217. The van der Waals surface area contributed by atoms with E-state index in [0.717, 1.165) is 0 Å². The Morgan fingerprint density at radius 3 is 1.85 bits per heavy atom. The fourth-order valence-corrected chi connectivity index (χ4v) is 2.53. The van der Waals surface area contributed by atoms with Gasteiger partial charge in [0.25, 0.3) is 0 Å². The molecule has 2 rings (SSSR count). The lowest BCUT2D eigenvalue weighted by Crippen LogP contribution is -2.10. The monoisotopic (exact) mass is 362 g/mol. The zero-order valence-corrected chi connectivity index (χ0v) is 15.1. The van der Waals surface area contributed by atoms with E-state index < -0.39 is 0 Å². The molecule has 27 heavy (non-hydrogen) atoms. The predicted molar refractivity (Wildman–Crippen MR) is 104 cm³/mol. The zero-order chi connectivity index (χ0) is 19.5.